The summed E-state index contributed by atoms with van der Waals surface area (Å²) in [6.07, 6.45) is 1.36. The smallest absolute Gasteiger partial charge is 0.126 e. The second-order valence-corrected chi connectivity index (χ2v) is 4.42. The van der Waals surface area contributed by atoms with E-state index in [-0.39, 0.29) is 5.56 Å². The normalized spacial score (nSPS) is 21.0. The van der Waals surface area contributed by atoms with Gasteiger partial charge in [-0.15, -0.1) is 0 Å². The fourth-order valence-electron chi connectivity index (χ4n) is 2.30. The zero-order valence-corrected chi connectivity index (χ0v) is 8.79. The van der Waals surface area contributed by atoms with Crippen molar-refractivity contribution in [3.63, 3.8) is 0 Å². The van der Waals surface area contributed by atoms with Crippen LogP contribution in [0.2, 0.25) is 0 Å². The van der Waals surface area contributed by atoms with Crippen LogP contribution in [0.15, 0.2) is 18.2 Å². The summed E-state index contributed by atoms with van der Waals surface area (Å²) in [5, 5.41) is 20.0. The first-order valence-electron chi connectivity index (χ1n) is 5.38. The summed E-state index contributed by atoms with van der Waals surface area (Å²) in [6, 6.07) is 2.86. The maximum Gasteiger partial charge on any atom is 0.126 e. The number of benzene rings is 1. The topological polar surface area (TPSA) is 40.5 Å². The summed E-state index contributed by atoms with van der Waals surface area (Å²) in [7, 11) is 0. The van der Waals surface area contributed by atoms with Gasteiger partial charge >= 0.3 is 0 Å². The summed E-state index contributed by atoms with van der Waals surface area (Å²) in [5.74, 6) is -1.48. The highest BCUT2D eigenvalue weighted by Crippen LogP contribution is 2.39. The maximum atomic E-state index is 13.0. The second-order valence-electron chi connectivity index (χ2n) is 4.42. The van der Waals surface area contributed by atoms with Gasteiger partial charge < -0.3 is 10.2 Å². The Kier molecular flexibility index (Phi) is 2.95. The minimum atomic E-state index is -1.24. The highest BCUT2D eigenvalue weighted by Gasteiger charge is 2.39. The van der Waals surface area contributed by atoms with E-state index in [1.54, 1.807) is 0 Å². The van der Waals surface area contributed by atoms with Crippen LogP contribution >= 0.6 is 0 Å². The van der Waals surface area contributed by atoms with E-state index in [1.165, 1.54) is 0 Å². The van der Waals surface area contributed by atoms with E-state index in [4.69, 9.17) is 0 Å². The van der Waals surface area contributed by atoms with Gasteiger partial charge in [0.05, 0.1) is 5.60 Å². The predicted octanol–water partition coefficient (Wildman–Crippen LogP) is 2.30. The van der Waals surface area contributed by atoms with E-state index in [0.29, 0.717) is 12.8 Å². The van der Waals surface area contributed by atoms with Crippen LogP contribution in [0.5, 0.6) is 0 Å². The number of aliphatic hydroxyl groups is 2. The number of hydrogen-bond donors (Lipinski definition) is 2. The van der Waals surface area contributed by atoms with E-state index >= 15 is 0 Å². The maximum absolute atomic E-state index is 13.0. The van der Waals surface area contributed by atoms with Gasteiger partial charge in [0.15, 0.2) is 0 Å². The summed E-state index contributed by atoms with van der Waals surface area (Å²) in [6.45, 7) is 0. The molecule has 0 saturated heterocycles. The van der Waals surface area contributed by atoms with Gasteiger partial charge in [-0.3, -0.25) is 0 Å². The molecule has 1 saturated carbocycles. The SMILES string of the molecule is OC(c1cc(F)cc(F)c1)C1(O)CCCC1. The minimum absolute atomic E-state index is 0.0990. The largest absolute Gasteiger partial charge is 0.387 e. The molecule has 1 fully saturated rings. The van der Waals surface area contributed by atoms with Gasteiger partial charge in [0.25, 0.3) is 0 Å². The van der Waals surface area contributed by atoms with Crippen molar-refractivity contribution in [2.24, 2.45) is 0 Å². The Morgan fingerprint density at radius 2 is 1.56 bits per heavy atom. The molecule has 1 unspecified atom stereocenters. The van der Waals surface area contributed by atoms with Crippen LogP contribution in [0.25, 0.3) is 0 Å². The van der Waals surface area contributed by atoms with Crippen molar-refractivity contribution in [3.05, 3.63) is 35.4 Å². The predicted molar refractivity (Wildman–Crippen MR) is 54.7 cm³/mol. The van der Waals surface area contributed by atoms with E-state index in [9.17, 15) is 19.0 Å². The Morgan fingerprint density at radius 3 is 2.06 bits per heavy atom. The lowest BCUT2D eigenvalue weighted by atomic mass is 9.89. The molecule has 0 radical (unpaired) electrons. The van der Waals surface area contributed by atoms with Crippen molar-refractivity contribution in [2.75, 3.05) is 0 Å². The molecule has 0 spiro atoms. The average molecular weight is 228 g/mol. The summed E-state index contributed by atoms with van der Waals surface area (Å²) in [4.78, 5) is 0. The summed E-state index contributed by atoms with van der Waals surface area (Å²) in [5.41, 5.74) is -1.14. The fraction of sp³-hybridized carbons (Fsp3) is 0.500. The van der Waals surface area contributed by atoms with Gasteiger partial charge in [-0.1, -0.05) is 12.8 Å². The summed E-state index contributed by atoms with van der Waals surface area (Å²) < 4.78 is 25.9. The van der Waals surface area contributed by atoms with Crippen LogP contribution in [-0.4, -0.2) is 15.8 Å². The molecule has 1 aromatic rings. The van der Waals surface area contributed by atoms with Crippen LogP contribution < -0.4 is 0 Å². The second kappa shape index (κ2) is 4.11. The van der Waals surface area contributed by atoms with Gasteiger partial charge in [-0.05, 0) is 30.5 Å². The molecule has 1 atom stereocenters. The van der Waals surface area contributed by atoms with Crippen molar-refractivity contribution in [3.8, 4) is 0 Å². The Hall–Kier alpha value is -1.00. The van der Waals surface area contributed by atoms with Crippen LogP contribution in [0.3, 0.4) is 0 Å². The van der Waals surface area contributed by atoms with Gasteiger partial charge in [0.2, 0.25) is 0 Å². The zero-order valence-electron chi connectivity index (χ0n) is 8.79. The van der Waals surface area contributed by atoms with Gasteiger partial charge in [0, 0.05) is 6.07 Å². The highest BCUT2D eigenvalue weighted by atomic mass is 19.1. The van der Waals surface area contributed by atoms with Crippen LogP contribution in [0.4, 0.5) is 8.78 Å². The number of rotatable bonds is 2. The van der Waals surface area contributed by atoms with Gasteiger partial charge in [0.1, 0.15) is 17.7 Å². The van der Waals surface area contributed by atoms with Crippen molar-refractivity contribution in [2.45, 2.75) is 37.4 Å². The Morgan fingerprint density at radius 1 is 1.06 bits per heavy atom. The third kappa shape index (κ3) is 2.08. The molecule has 0 aromatic heterocycles. The number of halogens is 2. The minimum Gasteiger partial charge on any atom is -0.387 e. The lowest BCUT2D eigenvalue weighted by molar-refractivity contribution is -0.0721. The quantitative estimate of drug-likeness (QED) is 0.815. The Balaban J connectivity index is 2.29. The molecular weight excluding hydrogens is 214 g/mol. The fourth-order valence-corrected chi connectivity index (χ4v) is 2.30. The third-order valence-electron chi connectivity index (χ3n) is 3.18. The van der Waals surface area contributed by atoms with Crippen LogP contribution in [0.1, 0.15) is 37.4 Å². The zero-order chi connectivity index (χ0) is 11.8. The molecule has 2 rings (SSSR count). The average Bonchev–Trinajstić information content (AvgIpc) is 2.64. The lowest BCUT2D eigenvalue weighted by Crippen LogP contribution is -2.33. The molecular formula is C12H14F2O2. The van der Waals surface area contributed by atoms with Crippen molar-refractivity contribution >= 4 is 0 Å². The first-order chi connectivity index (χ1) is 7.51. The number of aliphatic hydroxyl groups excluding tert-OH is 1. The monoisotopic (exact) mass is 228 g/mol. The van der Waals surface area contributed by atoms with E-state index in [0.717, 1.165) is 31.0 Å². The van der Waals surface area contributed by atoms with E-state index < -0.39 is 23.3 Å². The van der Waals surface area contributed by atoms with Crippen molar-refractivity contribution in [1.82, 2.24) is 0 Å². The highest BCUT2D eigenvalue weighted by molar-refractivity contribution is 5.23. The molecule has 1 aliphatic carbocycles. The summed E-state index contributed by atoms with van der Waals surface area (Å²) >= 11 is 0. The van der Waals surface area contributed by atoms with Crippen molar-refractivity contribution < 1.29 is 19.0 Å². The molecule has 0 amide bonds. The standard InChI is InChI=1S/C12H14F2O2/c13-9-5-8(6-10(14)7-9)11(15)12(16)3-1-2-4-12/h5-7,11,15-16H,1-4H2. The molecule has 1 aliphatic rings. The third-order valence-corrected chi connectivity index (χ3v) is 3.18. The van der Waals surface area contributed by atoms with E-state index in [2.05, 4.69) is 0 Å². The first kappa shape index (κ1) is 11.5. The Labute approximate surface area is 92.5 Å². The Bertz CT molecular complexity index is 366. The lowest BCUT2D eigenvalue weighted by Gasteiger charge is -2.28. The molecule has 0 heterocycles. The molecule has 2 nitrogen and oxygen atoms in total. The molecule has 2 N–H and O–H groups in total. The number of hydrogen-bond acceptors (Lipinski definition) is 2. The molecule has 0 aliphatic heterocycles. The first-order valence-corrected chi connectivity index (χ1v) is 5.38. The molecule has 1 aromatic carbocycles. The van der Waals surface area contributed by atoms with Gasteiger partial charge in [-0.25, -0.2) is 8.78 Å². The van der Waals surface area contributed by atoms with Crippen LogP contribution in [-0.2, 0) is 0 Å². The van der Waals surface area contributed by atoms with Crippen molar-refractivity contribution in [1.29, 1.82) is 0 Å². The van der Waals surface area contributed by atoms with Crippen LogP contribution in [0, 0.1) is 11.6 Å². The molecule has 4 heteroatoms. The molecule has 0 bridgehead atoms. The molecule has 16 heavy (non-hydrogen) atoms. The van der Waals surface area contributed by atoms with E-state index in [1.807, 2.05) is 0 Å². The molecule has 88 valence electrons. The van der Waals surface area contributed by atoms with Gasteiger partial charge in [-0.2, -0.15) is 0 Å².